The van der Waals surface area contributed by atoms with E-state index >= 15 is 0 Å². The zero-order valence-corrected chi connectivity index (χ0v) is 23.5. The van der Waals surface area contributed by atoms with Crippen LogP contribution in [0.1, 0.15) is 52.5 Å². The lowest BCUT2D eigenvalue weighted by Crippen LogP contribution is -2.68. The smallest absolute Gasteiger partial charge is 0.213 e. The van der Waals surface area contributed by atoms with Crippen LogP contribution in [0.2, 0.25) is 0 Å². The SMILES string of the molecule is CCC1(C)c2ccc(N(c3ccc(OC)cc3)c3ccc(OC)cc3)cc2-c2cccc[n+]2C1(CC)CC. The molecule has 0 spiro atoms. The number of pyridine rings is 1. The highest BCUT2D eigenvalue weighted by Crippen LogP contribution is 2.52. The summed E-state index contributed by atoms with van der Waals surface area (Å²) in [5.41, 5.74) is 7.31. The van der Waals surface area contributed by atoms with Crippen molar-refractivity contribution in [3.8, 4) is 22.8 Å². The fourth-order valence-corrected chi connectivity index (χ4v) is 6.72. The topological polar surface area (TPSA) is 25.6 Å². The molecule has 0 saturated heterocycles. The molecular weight excluding hydrogens is 468 g/mol. The molecule has 0 radical (unpaired) electrons. The predicted octanol–water partition coefficient (Wildman–Crippen LogP) is 8.32. The summed E-state index contributed by atoms with van der Waals surface area (Å²) in [6.07, 6.45) is 5.53. The highest BCUT2D eigenvalue weighted by molar-refractivity contribution is 5.81. The van der Waals surface area contributed by atoms with Crippen molar-refractivity contribution in [3.63, 3.8) is 0 Å². The van der Waals surface area contributed by atoms with Gasteiger partial charge in [0.2, 0.25) is 5.69 Å². The van der Waals surface area contributed by atoms with Crippen LogP contribution in [0.5, 0.6) is 11.5 Å². The van der Waals surface area contributed by atoms with E-state index in [0.717, 1.165) is 47.8 Å². The Balaban J connectivity index is 1.74. The van der Waals surface area contributed by atoms with E-state index in [4.69, 9.17) is 9.47 Å². The van der Waals surface area contributed by atoms with E-state index in [2.05, 4.69) is 104 Å². The normalized spacial score (nSPS) is 17.3. The molecule has 0 bridgehead atoms. The van der Waals surface area contributed by atoms with Gasteiger partial charge in [0.1, 0.15) is 11.5 Å². The minimum atomic E-state index is 0.00837. The maximum Gasteiger partial charge on any atom is 0.213 e. The Morgan fingerprint density at radius 2 is 1.24 bits per heavy atom. The van der Waals surface area contributed by atoms with E-state index in [1.54, 1.807) is 14.2 Å². The minimum Gasteiger partial charge on any atom is -0.497 e. The van der Waals surface area contributed by atoms with E-state index in [9.17, 15) is 0 Å². The molecule has 4 aromatic rings. The van der Waals surface area contributed by atoms with Gasteiger partial charge < -0.3 is 14.4 Å². The number of hydrogen-bond donors (Lipinski definition) is 0. The first-order valence-corrected chi connectivity index (χ1v) is 13.7. The van der Waals surface area contributed by atoms with Crippen molar-refractivity contribution in [1.82, 2.24) is 0 Å². The standard InChI is InChI=1S/C34H39N2O2/c1-7-33(4)31-22-17-27(24-30(31)32-12-10-11-23-35(32)34(33,8-2)9-3)36(25-13-18-28(37-5)19-14-25)26-15-20-29(38-6)21-16-26/h10-24H,7-9H2,1-6H3/q+1. The summed E-state index contributed by atoms with van der Waals surface area (Å²) < 4.78 is 13.4. The van der Waals surface area contributed by atoms with E-state index < -0.39 is 0 Å². The van der Waals surface area contributed by atoms with Gasteiger partial charge in [-0.2, -0.15) is 4.57 Å². The molecule has 3 aromatic carbocycles. The Labute approximate surface area is 227 Å². The molecule has 2 heterocycles. The van der Waals surface area contributed by atoms with Crippen molar-refractivity contribution in [2.75, 3.05) is 19.1 Å². The molecule has 38 heavy (non-hydrogen) atoms. The molecule has 1 unspecified atom stereocenters. The fourth-order valence-electron chi connectivity index (χ4n) is 6.72. The molecule has 4 heteroatoms. The van der Waals surface area contributed by atoms with Crippen LogP contribution in [0.25, 0.3) is 11.3 Å². The maximum absolute atomic E-state index is 5.44. The number of fused-ring (bicyclic) bond motifs is 3. The van der Waals surface area contributed by atoms with E-state index in [0.29, 0.717) is 0 Å². The third-order valence-electron chi connectivity index (χ3n) is 9.02. The van der Waals surface area contributed by atoms with Gasteiger partial charge in [0.05, 0.1) is 25.2 Å². The van der Waals surface area contributed by atoms with Crippen molar-refractivity contribution in [2.45, 2.75) is 57.9 Å². The lowest BCUT2D eigenvalue weighted by molar-refractivity contribution is -0.769. The van der Waals surface area contributed by atoms with Crippen LogP contribution >= 0.6 is 0 Å². The second kappa shape index (κ2) is 10.2. The molecular formula is C34H39N2O2+. The second-order valence-electron chi connectivity index (χ2n) is 10.3. The summed E-state index contributed by atoms with van der Waals surface area (Å²) >= 11 is 0. The lowest BCUT2D eigenvalue weighted by Gasteiger charge is -2.47. The molecule has 0 saturated carbocycles. The van der Waals surface area contributed by atoms with Crippen LogP contribution in [-0.4, -0.2) is 14.2 Å². The number of anilines is 3. The van der Waals surface area contributed by atoms with Crippen molar-refractivity contribution in [1.29, 1.82) is 0 Å². The summed E-state index contributed by atoms with van der Waals surface area (Å²) in [5.74, 6) is 1.68. The first-order valence-electron chi connectivity index (χ1n) is 13.7. The molecule has 0 N–H and O–H groups in total. The molecule has 0 fully saturated rings. The number of benzene rings is 3. The highest BCUT2D eigenvalue weighted by Gasteiger charge is 2.58. The molecule has 4 nitrogen and oxygen atoms in total. The van der Waals surface area contributed by atoms with Crippen LogP contribution in [0.15, 0.2) is 91.1 Å². The van der Waals surface area contributed by atoms with Crippen LogP contribution in [0.3, 0.4) is 0 Å². The van der Waals surface area contributed by atoms with Crippen molar-refractivity contribution in [3.05, 3.63) is 96.7 Å². The number of methoxy groups -OCH3 is 2. The van der Waals surface area contributed by atoms with Gasteiger partial charge in [0.15, 0.2) is 11.7 Å². The molecule has 1 aliphatic rings. The molecule has 0 aliphatic carbocycles. The highest BCUT2D eigenvalue weighted by atomic mass is 16.5. The van der Waals surface area contributed by atoms with Gasteiger partial charge in [-0.1, -0.05) is 26.8 Å². The van der Waals surface area contributed by atoms with Crippen LogP contribution in [0, 0.1) is 0 Å². The monoisotopic (exact) mass is 507 g/mol. The molecule has 1 atom stereocenters. The van der Waals surface area contributed by atoms with Gasteiger partial charge in [0, 0.05) is 42.0 Å². The van der Waals surface area contributed by atoms with Crippen molar-refractivity contribution >= 4 is 17.1 Å². The number of hydrogen-bond acceptors (Lipinski definition) is 3. The second-order valence-corrected chi connectivity index (χ2v) is 10.3. The Hall–Kier alpha value is -3.79. The fraction of sp³-hybridized carbons (Fsp3) is 0.324. The van der Waals surface area contributed by atoms with Gasteiger partial charge in [0.25, 0.3) is 0 Å². The maximum atomic E-state index is 5.44. The van der Waals surface area contributed by atoms with Crippen LogP contribution in [0.4, 0.5) is 17.1 Å². The number of aromatic nitrogens is 1. The first-order chi connectivity index (χ1) is 18.5. The Bertz CT molecular complexity index is 1360. The lowest BCUT2D eigenvalue weighted by atomic mass is 9.59. The van der Waals surface area contributed by atoms with E-state index in [1.165, 1.54) is 16.8 Å². The molecule has 0 amide bonds. The molecule has 1 aromatic heterocycles. The van der Waals surface area contributed by atoms with Gasteiger partial charge in [-0.15, -0.1) is 0 Å². The predicted molar refractivity (Wildman–Crippen MR) is 156 cm³/mol. The van der Waals surface area contributed by atoms with Crippen molar-refractivity contribution in [2.24, 2.45) is 0 Å². The average molecular weight is 508 g/mol. The summed E-state index contributed by atoms with van der Waals surface area (Å²) in [5, 5.41) is 0. The zero-order chi connectivity index (χ0) is 26.9. The van der Waals surface area contributed by atoms with Gasteiger partial charge in [-0.25, -0.2) is 0 Å². The molecule has 5 rings (SSSR count). The Kier molecular flexibility index (Phi) is 6.92. The summed E-state index contributed by atoms with van der Waals surface area (Å²) in [6, 6.07) is 30.2. The van der Waals surface area contributed by atoms with Crippen LogP contribution < -0.4 is 18.9 Å². The third kappa shape index (κ3) is 3.86. The largest absolute Gasteiger partial charge is 0.497 e. The number of rotatable bonds is 8. The Morgan fingerprint density at radius 1 is 0.684 bits per heavy atom. The van der Waals surface area contributed by atoms with E-state index in [1.807, 2.05) is 24.3 Å². The summed E-state index contributed by atoms with van der Waals surface area (Å²) in [6.45, 7) is 9.49. The number of nitrogens with zero attached hydrogens (tertiary/aromatic N) is 2. The van der Waals surface area contributed by atoms with Crippen molar-refractivity contribution < 1.29 is 14.0 Å². The molecule has 196 valence electrons. The van der Waals surface area contributed by atoms with Crippen LogP contribution in [-0.2, 0) is 11.0 Å². The van der Waals surface area contributed by atoms with Gasteiger partial charge in [-0.05, 0) is 85.6 Å². The molecule has 1 aliphatic heterocycles. The Morgan fingerprint density at radius 3 is 1.74 bits per heavy atom. The van der Waals surface area contributed by atoms with Gasteiger partial charge in [-0.3, -0.25) is 0 Å². The quantitative estimate of drug-likeness (QED) is 0.224. The third-order valence-corrected chi connectivity index (χ3v) is 9.02. The van der Waals surface area contributed by atoms with Gasteiger partial charge >= 0.3 is 0 Å². The summed E-state index contributed by atoms with van der Waals surface area (Å²) in [7, 11) is 3.40. The zero-order valence-electron chi connectivity index (χ0n) is 23.5. The minimum absolute atomic E-state index is 0.00837. The first kappa shape index (κ1) is 25.8. The number of ether oxygens (including phenoxy) is 2. The van der Waals surface area contributed by atoms with E-state index in [-0.39, 0.29) is 11.0 Å². The summed E-state index contributed by atoms with van der Waals surface area (Å²) in [4.78, 5) is 2.30. The average Bonchev–Trinajstić information content (AvgIpc) is 2.98.